The molecule has 0 saturated carbocycles. The fourth-order valence-electron chi connectivity index (χ4n) is 2.23. The highest BCUT2D eigenvalue weighted by atomic mass is 16.4. The van der Waals surface area contributed by atoms with Gasteiger partial charge in [-0.1, -0.05) is 17.7 Å². The molecule has 2 heterocycles. The van der Waals surface area contributed by atoms with Gasteiger partial charge in [-0.15, -0.1) is 0 Å². The molecule has 0 spiro atoms. The van der Waals surface area contributed by atoms with E-state index in [2.05, 4.69) is 5.10 Å². The van der Waals surface area contributed by atoms with Gasteiger partial charge in [0.15, 0.2) is 0 Å². The van der Waals surface area contributed by atoms with Crippen LogP contribution in [0.3, 0.4) is 0 Å². The highest BCUT2D eigenvalue weighted by Gasteiger charge is 2.13. The lowest BCUT2D eigenvalue weighted by Crippen LogP contribution is -2.01. The third-order valence-corrected chi connectivity index (χ3v) is 3.17. The van der Waals surface area contributed by atoms with E-state index in [0.717, 1.165) is 11.2 Å². The molecule has 96 valence electrons. The van der Waals surface area contributed by atoms with E-state index >= 15 is 0 Å². The van der Waals surface area contributed by atoms with Gasteiger partial charge < -0.3 is 4.42 Å². The topological polar surface area (TPSA) is 48.0 Å². The van der Waals surface area contributed by atoms with Gasteiger partial charge in [-0.25, -0.2) is 9.48 Å². The molecule has 0 bridgehead atoms. The molecule has 0 fully saturated rings. The molecule has 4 nitrogen and oxygen atoms in total. The average molecular weight is 254 g/mol. The molecule has 0 N–H and O–H groups in total. The van der Waals surface area contributed by atoms with Gasteiger partial charge in [-0.3, -0.25) is 0 Å². The number of hydrogen-bond acceptors (Lipinski definition) is 3. The predicted molar refractivity (Wildman–Crippen MR) is 73.8 cm³/mol. The van der Waals surface area contributed by atoms with Crippen molar-refractivity contribution in [2.75, 3.05) is 0 Å². The Bertz CT molecular complexity index is 811. The van der Waals surface area contributed by atoms with Gasteiger partial charge in [0.1, 0.15) is 11.1 Å². The maximum absolute atomic E-state index is 11.9. The molecule has 1 aromatic carbocycles. The standard InChI is InChI=1S/C15H14N2O2/c1-9-4-6-12(7-5-9)17-13-8-10(2)19-15(18)14(13)11(3)16-17/h4-8H,1-3H3. The Hall–Kier alpha value is -2.36. The Morgan fingerprint density at radius 3 is 2.47 bits per heavy atom. The van der Waals surface area contributed by atoms with Crippen LogP contribution in [0.1, 0.15) is 17.0 Å². The monoisotopic (exact) mass is 254 g/mol. The zero-order chi connectivity index (χ0) is 13.6. The molecule has 0 aliphatic rings. The molecule has 2 aromatic heterocycles. The van der Waals surface area contributed by atoms with Crippen molar-refractivity contribution >= 4 is 10.9 Å². The number of fused-ring (bicyclic) bond motifs is 1. The van der Waals surface area contributed by atoms with Crippen LogP contribution in [0.25, 0.3) is 16.6 Å². The summed E-state index contributed by atoms with van der Waals surface area (Å²) in [7, 11) is 0. The summed E-state index contributed by atoms with van der Waals surface area (Å²) in [6.07, 6.45) is 0. The molecule has 0 amide bonds. The van der Waals surface area contributed by atoms with Crippen LogP contribution in [0.5, 0.6) is 0 Å². The van der Waals surface area contributed by atoms with Gasteiger partial charge in [0.05, 0.1) is 16.9 Å². The predicted octanol–water partition coefficient (Wildman–Crippen LogP) is 2.90. The van der Waals surface area contributed by atoms with Crippen LogP contribution in [-0.2, 0) is 0 Å². The van der Waals surface area contributed by atoms with Crippen LogP contribution in [0.15, 0.2) is 39.5 Å². The van der Waals surface area contributed by atoms with Gasteiger partial charge in [0.25, 0.3) is 0 Å². The second-order valence-electron chi connectivity index (χ2n) is 4.74. The Morgan fingerprint density at radius 1 is 1.11 bits per heavy atom. The van der Waals surface area contributed by atoms with Crippen molar-refractivity contribution in [1.82, 2.24) is 9.78 Å². The zero-order valence-corrected chi connectivity index (χ0v) is 11.1. The highest BCUT2D eigenvalue weighted by Crippen LogP contribution is 2.20. The van der Waals surface area contributed by atoms with E-state index in [-0.39, 0.29) is 5.63 Å². The summed E-state index contributed by atoms with van der Waals surface area (Å²) in [6.45, 7) is 5.62. The summed E-state index contributed by atoms with van der Waals surface area (Å²) < 4.78 is 6.92. The number of aromatic nitrogens is 2. The van der Waals surface area contributed by atoms with Crippen LogP contribution in [0.2, 0.25) is 0 Å². The number of nitrogens with zero attached hydrogens (tertiary/aromatic N) is 2. The summed E-state index contributed by atoms with van der Waals surface area (Å²) in [5, 5.41) is 5.00. The first-order valence-corrected chi connectivity index (χ1v) is 6.13. The minimum absolute atomic E-state index is 0.328. The van der Waals surface area contributed by atoms with Gasteiger partial charge >= 0.3 is 5.63 Å². The summed E-state index contributed by atoms with van der Waals surface area (Å²) in [6, 6.07) is 9.87. The largest absolute Gasteiger partial charge is 0.428 e. The molecule has 0 unspecified atom stereocenters. The fraction of sp³-hybridized carbons (Fsp3) is 0.200. The van der Waals surface area contributed by atoms with Gasteiger partial charge in [0.2, 0.25) is 0 Å². The molecule has 3 rings (SSSR count). The number of benzene rings is 1. The number of aryl methyl sites for hydroxylation is 3. The quantitative estimate of drug-likeness (QED) is 0.671. The maximum atomic E-state index is 11.9. The smallest absolute Gasteiger partial charge is 0.347 e. The molecule has 0 aliphatic heterocycles. The SMILES string of the molecule is Cc1ccc(-n2nc(C)c3c(=O)oc(C)cc32)cc1. The van der Waals surface area contributed by atoms with Crippen molar-refractivity contribution < 1.29 is 4.42 Å². The lowest BCUT2D eigenvalue weighted by molar-refractivity contribution is 0.488. The first-order valence-electron chi connectivity index (χ1n) is 6.13. The summed E-state index contributed by atoms with van der Waals surface area (Å²) in [5.41, 5.74) is 3.27. The van der Waals surface area contributed by atoms with Crippen molar-refractivity contribution in [3.63, 3.8) is 0 Å². The van der Waals surface area contributed by atoms with Crippen molar-refractivity contribution in [2.24, 2.45) is 0 Å². The van der Waals surface area contributed by atoms with E-state index in [1.165, 1.54) is 5.56 Å². The van der Waals surface area contributed by atoms with Crippen molar-refractivity contribution in [2.45, 2.75) is 20.8 Å². The summed E-state index contributed by atoms with van der Waals surface area (Å²) in [5.74, 6) is 0.589. The van der Waals surface area contributed by atoms with E-state index in [9.17, 15) is 4.79 Å². The van der Waals surface area contributed by atoms with Crippen molar-refractivity contribution in [3.8, 4) is 5.69 Å². The highest BCUT2D eigenvalue weighted by molar-refractivity contribution is 5.82. The van der Waals surface area contributed by atoms with E-state index in [0.29, 0.717) is 16.8 Å². The maximum Gasteiger partial charge on any atom is 0.347 e. The Labute approximate surface area is 110 Å². The molecule has 0 aliphatic carbocycles. The lowest BCUT2D eigenvalue weighted by Gasteiger charge is -2.03. The molecular formula is C15H14N2O2. The molecule has 0 radical (unpaired) electrons. The minimum Gasteiger partial charge on any atom is -0.428 e. The van der Waals surface area contributed by atoms with Crippen LogP contribution in [-0.4, -0.2) is 9.78 Å². The Morgan fingerprint density at radius 2 is 1.79 bits per heavy atom. The first-order chi connectivity index (χ1) is 9.06. The second-order valence-corrected chi connectivity index (χ2v) is 4.74. The van der Waals surface area contributed by atoms with Crippen molar-refractivity contribution in [3.05, 3.63) is 57.8 Å². The van der Waals surface area contributed by atoms with Crippen LogP contribution in [0.4, 0.5) is 0 Å². The van der Waals surface area contributed by atoms with E-state index in [1.807, 2.05) is 44.2 Å². The van der Waals surface area contributed by atoms with Gasteiger partial charge in [0, 0.05) is 6.07 Å². The van der Waals surface area contributed by atoms with E-state index in [4.69, 9.17) is 4.42 Å². The first kappa shape index (κ1) is 11.7. The van der Waals surface area contributed by atoms with E-state index in [1.54, 1.807) is 11.6 Å². The van der Waals surface area contributed by atoms with Crippen LogP contribution in [0, 0.1) is 20.8 Å². The Kier molecular flexibility index (Phi) is 2.52. The number of rotatable bonds is 1. The van der Waals surface area contributed by atoms with Gasteiger partial charge in [-0.05, 0) is 32.9 Å². The zero-order valence-electron chi connectivity index (χ0n) is 11.1. The normalized spacial score (nSPS) is 11.1. The Balaban J connectivity index is 2.36. The molecule has 0 atom stereocenters. The fourth-order valence-corrected chi connectivity index (χ4v) is 2.23. The molecule has 3 aromatic rings. The number of hydrogen-bond donors (Lipinski definition) is 0. The van der Waals surface area contributed by atoms with Crippen molar-refractivity contribution in [1.29, 1.82) is 0 Å². The van der Waals surface area contributed by atoms with Gasteiger partial charge in [-0.2, -0.15) is 5.10 Å². The second kappa shape index (κ2) is 4.09. The molecule has 0 saturated heterocycles. The lowest BCUT2D eigenvalue weighted by atomic mass is 10.2. The molecule has 4 heteroatoms. The third kappa shape index (κ3) is 1.85. The molecular weight excluding hydrogens is 240 g/mol. The van der Waals surface area contributed by atoms with Crippen LogP contribution < -0.4 is 5.63 Å². The van der Waals surface area contributed by atoms with Crippen LogP contribution >= 0.6 is 0 Å². The van der Waals surface area contributed by atoms with E-state index < -0.39 is 0 Å². The molecule has 19 heavy (non-hydrogen) atoms. The summed E-state index contributed by atoms with van der Waals surface area (Å²) >= 11 is 0. The minimum atomic E-state index is -0.328. The summed E-state index contributed by atoms with van der Waals surface area (Å²) in [4.78, 5) is 11.9. The third-order valence-electron chi connectivity index (χ3n) is 3.17. The average Bonchev–Trinajstić information content (AvgIpc) is 2.67.